The van der Waals surface area contributed by atoms with Crippen molar-refractivity contribution in [2.24, 2.45) is 0 Å². The van der Waals surface area contributed by atoms with Crippen LogP contribution in [0.2, 0.25) is 0 Å². The molecule has 0 saturated carbocycles. The Morgan fingerprint density at radius 1 is 1.16 bits per heavy atom. The van der Waals surface area contributed by atoms with Crippen molar-refractivity contribution in [3.63, 3.8) is 0 Å². The molecule has 0 unspecified atom stereocenters. The number of anilines is 2. The predicted molar refractivity (Wildman–Crippen MR) is 65.4 cm³/mol. The summed E-state index contributed by atoms with van der Waals surface area (Å²) in [6.07, 6.45) is 0. The number of carbonyl (C=O) groups is 2. The Morgan fingerprint density at radius 2 is 1.63 bits per heavy atom. The van der Waals surface area contributed by atoms with E-state index < -0.39 is 29.1 Å². The maximum Gasteiger partial charge on any atom is 0.248 e. The lowest BCUT2D eigenvalue weighted by molar-refractivity contribution is -0.145. The van der Waals surface area contributed by atoms with E-state index in [1.54, 1.807) is 6.92 Å². The second kappa shape index (κ2) is 4.83. The fourth-order valence-corrected chi connectivity index (χ4v) is 2.09. The van der Waals surface area contributed by atoms with E-state index >= 15 is 0 Å². The maximum atomic E-state index is 13.7. The van der Waals surface area contributed by atoms with Gasteiger partial charge in [-0.1, -0.05) is 0 Å². The number of hydrogen-bond donors (Lipinski definition) is 1. The van der Waals surface area contributed by atoms with Crippen LogP contribution in [-0.2, 0) is 9.59 Å². The molecule has 0 bridgehead atoms. The van der Waals surface area contributed by atoms with E-state index in [1.807, 2.05) is 0 Å². The van der Waals surface area contributed by atoms with Gasteiger partial charge in [-0.15, -0.1) is 0 Å². The molecule has 0 radical (unpaired) electrons. The molecule has 1 aliphatic heterocycles. The third kappa shape index (κ3) is 2.35. The molecule has 7 heteroatoms. The number of imide groups is 1. The number of benzene rings is 1. The van der Waals surface area contributed by atoms with Crippen molar-refractivity contribution in [2.75, 3.05) is 30.3 Å². The number of rotatable bonds is 2. The molecule has 2 rings (SSSR count). The summed E-state index contributed by atoms with van der Waals surface area (Å²) in [5.41, 5.74) is 4.87. The van der Waals surface area contributed by atoms with Crippen molar-refractivity contribution < 1.29 is 18.4 Å². The van der Waals surface area contributed by atoms with Crippen molar-refractivity contribution in [3.8, 4) is 0 Å². The average molecular weight is 269 g/mol. The lowest BCUT2D eigenvalue weighted by Crippen LogP contribution is -2.54. The van der Waals surface area contributed by atoms with Crippen LogP contribution in [0.3, 0.4) is 0 Å². The van der Waals surface area contributed by atoms with Crippen LogP contribution in [0.5, 0.6) is 0 Å². The van der Waals surface area contributed by atoms with Gasteiger partial charge in [-0.3, -0.25) is 14.5 Å². The first-order chi connectivity index (χ1) is 8.93. The molecule has 1 fully saturated rings. The number of nitrogens with two attached hydrogens (primary N) is 1. The number of carbonyl (C=O) groups excluding carboxylic acids is 2. The van der Waals surface area contributed by atoms with Crippen LogP contribution >= 0.6 is 0 Å². The van der Waals surface area contributed by atoms with E-state index in [2.05, 4.69) is 0 Å². The van der Waals surface area contributed by atoms with Gasteiger partial charge in [0.1, 0.15) is 5.69 Å². The molecular weight excluding hydrogens is 256 g/mol. The Balaban J connectivity index is 2.34. The number of likely N-dealkylation sites (N-methyl/N-ethyl adjacent to an activating group) is 1. The molecule has 102 valence electrons. The monoisotopic (exact) mass is 269 g/mol. The summed E-state index contributed by atoms with van der Waals surface area (Å²) in [6, 6.07) is 1.92. The van der Waals surface area contributed by atoms with Gasteiger partial charge in [-0.2, -0.15) is 0 Å². The summed E-state index contributed by atoms with van der Waals surface area (Å²) < 4.78 is 27.5. The molecule has 1 saturated heterocycles. The molecule has 0 aromatic heterocycles. The normalized spacial score (nSPS) is 16.2. The highest BCUT2D eigenvalue weighted by Crippen LogP contribution is 2.27. The molecule has 0 atom stereocenters. The number of halogens is 2. The Bertz CT molecular complexity index is 507. The topological polar surface area (TPSA) is 66.6 Å². The zero-order valence-electron chi connectivity index (χ0n) is 10.3. The standard InChI is InChI=1S/C12H13F2N3O2/c1-2-17-10(18)5-16(6-11(17)19)12-8(13)3-7(15)4-9(12)14/h3-4H,2,5-6,15H2,1H3. The second-order valence-corrected chi connectivity index (χ2v) is 4.22. The molecule has 2 N–H and O–H groups in total. The van der Waals surface area contributed by atoms with Gasteiger partial charge in [0.2, 0.25) is 11.8 Å². The van der Waals surface area contributed by atoms with Crippen LogP contribution in [0, 0.1) is 11.6 Å². The van der Waals surface area contributed by atoms with Crippen LogP contribution < -0.4 is 10.6 Å². The van der Waals surface area contributed by atoms with Gasteiger partial charge >= 0.3 is 0 Å². The van der Waals surface area contributed by atoms with E-state index in [0.717, 1.165) is 21.9 Å². The smallest absolute Gasteiger partial charge is 0.248 e. The first-order valence-electron chi connectivity index (χ1n) is 5.76. The SMILES string of the molecule is CCN1C(=O)CN(c2c(F)cc(N)cc2F)CC1=O. The van der Waals surface area contributed by atoms with Crippen LogP contribution in [-0.4, -0.2) is 36.3 Å². The number of hydrogen-bond acceptors (Lipinski definition) is 4. The predicted octanol–water partition coefficient (Wildman–Crippen LogP) is 0.742. The van der Waals surface area contributed by atoms with E-state index in [9.17, 15) is 18.4 Å². The minimum Gasteiger partial charge on any atom is -0.399 e. The lowest BCUT2D eigenvalue weighted by atomic mass is 10.2. The number of piperazine rings is 1. The molecule has 2 amide bonds. The van der Waals surface area contributed by atoms with Gasteiger partial charge in [0.15, 0.2) is 11.6 Å². The zero-order chi connectivity index (χ0) is 14.2. The van der Waals surface area contributed by atoms with Gasteiger partial charge < -0.3 is 10.6 Å². The molecule has 0 aliphatic carbocycles. The third-order valence-electron chi connectivity index (χ3n) is 2.93. The van der Waals surface area contributed by atoms with Gasteiger partial charge in [0.05, 0.1) is 13.1 Å². The van der Waals surface area contributed by atoms with Crippen LogP contribution in [0.4, 0.5) is 20.2 Å². The van der Waals surface area contributed by atoms with E-state index in [0.29, 0.717) is 0 Å². The largest absolute Gasteiger partial charge is 0.399 e. The highest BCUT2D eigenvalue weighted by Gasteiger charge is 2.32. The molecule has 19 heavy (non-hydrogen) atoms. The quantitative estimate of drug-likeness (QED) is 0.635. The highest BCUT2D eigenvalue weighted by atomic mass is 19.1. The first kappa shape index (κ1) is 13.3. The fraction of sp³-hybridized carbons (Fsp3) is 0.333. The number of amides is 2. The van der Waals surface area contributed by atoms with Gasteiger partial charge in [-0.05, 0) is 19.1 Å². The van der Waals surface area contributed by atoms with Crippen LogP contribution in [0.25, 0.3) is 0 Å². The highest BCUT2D eigenvalue weighted by molar-refractivity contribution is 6.02. The van der Waals surface area contributed by atoms with Gasteiger partial charge in [-0.25, -0.2) is 8.78 Å². The number of nitrogen functional groups attached to an aromatic ring is 1. The van der Waals surface area contributed by atoms with Crippen LogP contribution in [0.15, 0.2) is 12.1 Å². The summed E-state index contributed by atoms with van der Waals surface area (Å²) in [7, 11) is 0. The van der Waals surface area contributed by atoms with E-state index in [4.69, 9.17) is 5.73 Å². The molecule has 5 nitrogen and oxygen atoms in total. The summed E-state index contributed by atoms with van der Waals surface area (Å²) in [6.45, 7) is 1.43. The Kier molecular flexibility index (Phi) is 3.37. The van der Waals surface area contributed by atoms with Gasteiger partial charge in [0, 0.05) is 12.2 Å². The minimum absolute atomic E-state index is 0.0522. The van der Waals surface area contributed by atoms with Crippen molar-refractivity contribution in [1.82, 2.24) is 4.90 Å². The van der Waals surface area contributed by atoms with E-state index in [-0.39, 0.29) is 25.3 Å². The van der Waals surface area contributed by atoms with Crippen LogP contribution in [0.1, 0.15) is 6.92 Å². The molecular formula is C12H13F2N3O2. The molecule has 1 aliphatic rings. The molecule has 0 spiro atoms. The average Bonchev–Trinajstić information content (AvgIpc) is 2.26. The molecule has 1 aromatic rings. The summed E-state index contributed by atoms with van der Waals surface area (Å²) in [5, 5.41) is 0. The van der Waals surface area contributed by atoms with Gasteiger partial charge in [0.25, 0.3) is 0 Å². The van der Waals surface area contributed by atoms with Crippen molar-refractivity contribution in [1.29, 1.82) is 0 Å². The minimum atomic E-state index is -0.886. The van der Waals surface area contributed by atoms with Crippen molar-refractivity contribution in [2.45, 2.75) is 6.92 Å². The summed E-state index contributed by atoms with van der Waals surface area (Å²) >= 11 is 0. The Hall–Kier alpha value is -2.18. The van der Waals surface area contributed by atoms with Crippen molar-refractivity contribution >= 4 is 23.2 Å². The first-order valence-corrected chi connectivity index (χ1v) is 5.76. The number of nitrogens with zero attached hydrogens (tertiary/aromatic N) is 2. The lowest BCUT2D eigenvalue weighted by Gasteiger charge is -2.33. The van der Waals surface area contributed by atoms with E-state index in [1.165, 1.54) is 0 Å². The molecule has 1 heterocycles. The summed E-state index contributed by atoms with van der Waals surface area (Å²) in [4.78, 5) is 25.5. The van der Waals surface area contributed by atoms with Crippen molar-refractivity contribution in [3.05, 3.63) is 23.8 Å². The summed E-state index contributed by atoms with van der Waals surface area (Å²) in [5.74, 6) is -2.73. The molecule has 1 aromatic carbocycles. The fourth-order valence-electron chi connectivity index (χ4n) is 2.09. The third-order valence-corrected chi connectivity index (χ3v) is 2.93. The Morgan fingerprint density at radius 3 is 2.05 bits per heavy atom. The zero-order valence-corrected chi connectivity index (χ0v) is 10.3. The second-order valence-electron chi connectivity index (χ2n) is 4.22. The maximum absolute atomic E-state index is 13.7. The Labute approximate surface area is 108 Å².